The zero-order chi connectivity index (χ0) is 34.6. The SMILES string of the molecule is CC(C)[C@H](NC(=O)C(=O)Nc1cnccn1)C(=O)N[C@@H](CC(=O)O)C(=O)COc1c(F)c(F)cc(F)c1F.O=C(O)C(F)(F)F. The molecule has 246 valence electrons. The monoisotopic (exact) mass is 657 g/mol. The Balaban J connectivity index is 0.00000129. The predicted octanol–water partition coefficient (Wildman–Crippen LogP) is 1.35. The van der Waals surface area contributed by atoms with Crippen molar-refractivity contribution < 1.29 is 74.5 Å². The summed E-state index contributed by atoms with van der Waals surface area (Å²) in [7, 11) is 0. The van der Waals surface area contributed by atoms with Gasteiger partial charge in [-0.3, -0.25) is 29.0 Å². The molecule has 2 aromatic rings. The Morgan fingerprint density at radius 1 is 0.911 bits per heavy atom. The first kappa shape index (κ1) is 37.7. The number of carbonyl (C=O) groups is 6. The maximum absolute atomic E-state index is 13.8. The normalized spacial score (nSPS) is 12.1. The van der Waals surface area contributed by atoms with Gasteiger partial charge >= 0.3 is 29.9 Å². The van der Waals surface area contributed by atoms with Crippen LogP contribution in [0.5, 0.6) is 5.75 Å². The first-order valence-electron chi connectivity index (χ1n) is 11.9. The van der Waals surface area contributed by atoms with Gasteiger partial charge in [0, 0.05) is 18.5 Å². The Labute approximate surface area is 247 Å². The fraction of sp³-hybridized carbons (Fsp3) is 0.333. The zero-order valence-corrected chi connectivity index (χ0v) is 22.7. The number of alkyl halides is 3. The van der Waals surface area contributed by atoms with E-state index in [1.807, 2.05) is 0 Å². The van der Waals surface area contributed by atoms with E-state index in [-0.39, 0.29) is 11.9 Å². The number of rotatable bonds is 11. The van der Waals surface area contributed by atoms with Gasteiger partial charge in [0.2, 0.25) is 17.5 Å². The number of Topliss-reactive ketones (excluding diaryl/α,β-unsaturated/α-hetero) is 1. The van der Waals surface area contributed by atoms with E-state index in [9.17, 15) is 54.7 Å². The molecule has 0 saturated carbocycles. The molecule has 0 fully saturated rings. The van der Waals surface area contributed by atoms with Gasteiger partial charge in [0.15, 0.2) is 29.0 Å². The molecule has 3 amide bonds. The van der Waals surface area contributed by atoms with Gasteiger partial charge < -0.3 is 30.9 Å². The molecule has 0 bridgehead atoms. The van der Waals surface area contributed by atoms with Crippen LogP contribution in [0.2, 0.25) is 0 Å². The fourth-order valence-electron chi connectivity index (χ4n) is 2.88. The summed E-state index contributed by atoms with van der Waals surface area (Å²) < 4.78 is 90.5. The predicted molar refractivity (Wildman–Crippen MR) is 132 cm³/mol. The van der Waals surface area contributed by atoms with Crippen LogP contribution < -0.4 is 20.7 Å². The number of nitrogens with one attached hydrogen (secondary N) is 3. The maximum Gasteiger partial charge on any atom is 0.490 e. The van der Waals surface area contributed by atoms with Crippen molar-refractivity contribution in [1.82, 2.24) is 20.6 Å². The summed E-state index contributed by atoms with van der Waals surface area (Å²) in [6.45, 7) is 1.65. The fourth-order valence-corrected chi connectivity index (χ4v) is 2.88. The van der Waals surface area contributed by atoms with Crippen LogP contribution in [0.25, 0.3) is 0 Å². The van der Waals surface area contributed by atoms with E-state index in [4.69, 9.17) is 15.0 Å². The summed E-state index contributed by atoms with van der Waals surface area (Å²) in [6, 6.07) is -3.39. The van der Waals surface area contributed by atoms with Gasteiger partial charge in [0.05, 0.1) is 12.6 Å². The van der Waals surface area contributed by atoms with Gasteiger partial charge in [0.1, 0.15) is 18.7 Å². The topological polar surface area (TPSA) is 214 Å². The number of amides is 3. The van der Waals surface area contributed by atoms with E-state index in [0.29, 0.717) is 0 Å². The minimum atomic E-state index is -5.08. The lowest BCUT2D eigenvalue weighted by Crippen LogP contribution is -2.56. The third-order valence-corrected chi connectivity index (χ3v) is 5.00. The summed E-state index contributed by atoms with van der Waals surface area (Å²) in [5, 5.41) is 22.6. The van der Waals surface area contributed by atoms with Crippen molar-refractivity contribution >= 4 is 41.3 Å². The number of hydrogen-bond donors (Lipinski definition) is 5. The quantitative estimate of drug-likeness (QED) is 0.132. The number of benzene rings is 1. The number of ketones is 1. The third-order valence-electron chi connectivity index (χ3n) is 5.00. The highest BCUT2D eigenvalue weighted by Crippen LogP contribution is 2.26. The lowest BCUT2D eigenvalue weighted by atomic mass is 10.0. The minimum absolute atomic E-state index is 0.0589. The number of aromatic nitrogens is 2. The molecule has 0 unspecified atom stereocenters. The van der Waals surface area contributed by atoms with Crippen LogP contribution >= 0.6 is 0 Å². The molecule has 1 aromatic heterocycles. The average Bonchev–Trinajstić information content (AvgIpc) is 2.94. The standard InChI is InChI=1S/C22H21F4N5O7.C2HF3O2/c1-9(2)18(31-22(37)21(36)30-14-7-27-3-4-28-14)20(35)29-12(6-15(33)34)13(32)8-38-19-16(25)10(23)5-11(24)17(19)26;3-2(4,5)1(6)7/h3-5,7,9,12,18H,6,8H2,1-2H3,(H,29,35)(H,31,37)(H,33,34)(H,28,30,36);(H,6,7)/t12-,18-;/m0./s1. The molecule has 45 heavy (non-hydrogen) atoms. The number of nitrogens with zero attached hydrogens (tertiary/aromatic N) is 2. The Morgan fingerprint density at radius 3 is 1.91 bits per heavy atom. The smallest absolute Gasteiger partial charge is 0.481 e. The number of aliphatic carboxylic acids is 2. The molecular weight excluding hydrogens is 635 g/mol. The summed E-state index contributed by atoms with van der Waals surface area (Å²) >= 11 is 0. The second kappa shape index (κ2) is 16.5. The second-order valence-electron chi connectivity index (χ2n) is 8.75. The molecule has 1 aromatic carbocycles. The molecule has 0 radical (unpaired) electrons. The van der Waals surface area contributed by atoms with Crippen LogP contribution in [0, 0.1) is 29.2 Å². The summed E-state index contributed by atoms with van der Waals surface area (Å²) in [5.74, 6) is -18.9. The molecule has 5 N–H and O–H groups in total. The van der Waals surface area contributed by atoms with E-state index in [1.54, 1.807) is 0 Å². The van der Waals surface area contributed by atoms with Crippen molar-refractivity contribution in [2.75, 3.05) is 11.9 Å². The summed E-state index contributed by atoms with van der Waals surface area (Å²) in [6.07, 6.45) is -2.40. The van der Waals surface area contributed by atoms with Crippen LogP contribution in [0.15, 0.2) is 24.7 Å². The number of carbonyl (C=O) groups excluding carboxylic acids is 4. The van der Waals surface area contributed by atoms with Gasteiger partial charge in [-0.1, -0.05) is 13.8 Å². The van der Waals surface area contributed by atoms with Crippen molar-refractivity contribution in [2.45, 2.75) is 38.5 Å². The van der Waals surface area contributed by atoms with Crippen LogP contribution in [0.4, 0.5) is 36.6 Å². The number of carboxylic acid groups (broad SMARTS) is 2. The molecule has 1 heterocycles. The Kier molecular flexibility index (Phi) is 13.8. The number of anilines is 1. The van der Waals surface area contributed by atoms with Gasteiger partial charge in [-0.15, -0.1) is 0 Å². The molecule has 0 aliphatic heterocycles. The average molecular weight is 657 g/mol. The number of hydrogen-bond acceptors (Lipinski definition) is 9. The molecule has 0 aliphatic rings. The van der Waals surface area contributed by atoms with E-state index in [0.717, 1.165) is 6.20 Å². The lowest BCUT2D eigenvalue weighted by molar-refractivity contribution is -0.192. The first-order chi connectivity index (χ1) is 20.8. The highest BCUT2D eigenvalue weighted by atomic mass is 19.4. The molecule has 2 rings (SSSR count). The highest BCUT2D eigenvalue weighted by Gasteiger charge is 2.38. The zero-order valence-electron chi connectivity index (χ0n) is 22.7. The van der Waals surface area contributed by atoms with E-state index in [1.165, 1.54) is 26.2 Å². The van der Waals surface area contributed by atoms with Crippen molar-refractivity contribution in [3.8, 4) is 5.75 Å². The molecule has 21 heteroatoms. The van der Waals surface area contributed by atoms with Gasteiger partial charge in [-0.2, -0.15) is 22.0 Å². The Bertz CT molecular complexity index is 1400. The van der Waals surface area contributed by atoms with E-state index in [2.05, 4.69) is 30.7 Å². The Hall–Kier alpha value is -5.37. The van der Waals surface area contributed by atoms with Crippen LogP contribution in [0.3, 0.4) is 0 Å². The van der Waals surface area contributed by atoms with Crippen molar-refractivity contribution in [3.05, 3.63) is 47.9 Å². The molecule has 2 atom stereocenters. The van der Waals surface area contributed by atoms with E-state index >= 15 is 0 Å². The summed E-state index contributed by atoms with van der Waals surface area (Å²) in [5.41, 5.74) is 0. The molecule has 14 nitrogen and oxygen atoms in total. The largest absolute Gasteiger partial charge is 0.490 e. The summed E-state index contributed by atoms with van der Waals surface area (Å²) in [4.78, 5) is 77.2. The van der Waals surface area contributed by atoms with E-state index < -0.39 is 102 Å². The van der Waals surface area contributed by atoms with Crippen LogP contribution in [-0.4, -0.2) is 80.5 Å². The third kappa shape index (κ3) is 12.0. The molecular formula is C24H22F7N5O9. The number of ether oxygens (including phenoxy) is 1. The Morgan fingerprint density at radius 2 is 1.47 bits per heavy atom. The first-order valence-corrected chi connectivity index (χ1v) is 11.9. The molecule has 0 saturated heterocycles. The van der Waals surface area contributed by atoms with Crippen molar-refractivity contribution in [2.24, 2.45) is 5.92 Å². The second-order valence-corrected chi connectivity index (χ2v) is 8.75. The number of halogens is 7. The van der Waals surface area contributed by atoms with Gasteiger partial charge in [0.25, 0.3) is 0 Å². The van der Waals surface area contributed by atoms with Crippen molar-refractivity contribution in [3.63, 3.8) is 0 Å². The molecule has 0 aliphatic carbocycles. The van der Waals surface area contributed by atoms with Gasteiger partial charge in [-0.05, 0) is 5.92 Å². The van der Waals surface area contributed by atoms with Gasteiger partial charge in [-0.25, -0.2) is 18.6 Å². The number of carboxylic acids is 2. The minimum Gasteiger partial charge on any atom is -0.481 e. The van der Waals surface area contributed by atoms with Crippen LogP contribution in [0.1, 0.15) is 20.3 Å². The lowest BCUT2D eigenvalue weighted by Gasteiger charge is -2.24. The molecule has 0 spiro atoms. The van der Waals surface area contributed by atoms with Crippen molar-refractivity contribution in [1.29, 1.82) is 0 Å². The highest BCUT2D eigenvalue weighted by molar-refractivity contribution is 6.39. The van der Waals surface area contributed by atoms with Crippen LogP contribution in [-0.2, 0) is 28.8 Å². The maximum atomic E-state index is 13.8.